The van der Waals surface area contributed by atoms with Crippen LogP contribution < -0.4 is 0 Å². The molecule has 0 spiro atoms. The van der Waals surface area contributed by atoms with Gasteiger partial charge in [0.15, 0.2) is 5.78 Å². The van der Waals surface area contributed by atoms with Gasteiger partial charge in [0.25, 0.3) is 0 Å². The zero-order chi connectivity index (χ0) is 21.6. The van der Waals surface area contributed by atoms with Crippen molar-refractivity contribution >= 4 is 11.8 Å². The molecular formula is C25H32O5. The molecule has 2 fully saturated rings. The van der Waals surface area contributed by atoms with E-state index in [1.165, 1.54) is 5.57 Å². The van der Waals surface area contributed by atoms with E-state index in [2.05, 4.69) is 26.0 Å². The van der Waals surface area contributed by atoms with Gasteiger partial charge in [-0.2, -0.15) is 0 Å². The van der Waals surface area contributed by atoms with Gasteiger partial charge in [-0.05, 0) is 60.5 Å². The monoisotopic (exact) mass is 412 g/mol. The Morgan fingerprint density at radius 3 is 2.53 bits per heavy atom. The van der Waals surface area contributed by atoms with Crippen LogP contribution in [0.25, 0.3) is 0 Å². The van der Waals surface area contributed by atoms with Crippen molar-refractivity contribution in [1.82, 2.24) is 0 Å². The summed E-state index contributed by atoms with van der Waals surface area (Å²) in [6, 6.07) is 0. The summed E-state index contributed by atoms with van der Waals surface area (Å²) in [4.78, 5) is 24.9. The highest BCUT2D eigenvalue weighted by Crippen LogP contribution is 2.67. The minimum Gasteiger partial charge on any atom is -0.429 e. The molecule has 8 atom stereocenters. The van der Waals surface area contributed by atoms with Crippen LogP contribution in [0.2, 0.25) is 0 Å². The first-order valence-electron chi connectivity index (χ1n) is 11.2. The predicted molar refractivity (Wildman–Crippen MR) is 111 cm³/mol. The number of ketones is 1. The van der Waals surface area contributed by atoms with Crippen molar-refractivity contribution in [3.63, 3.8) is 0 Å². The van der Waals surface area contributed by atoms with Gasteiger partial charge in [-0.3, -0.25) is 4.79 Å². The van der Waals surface area contributed by atoms with E-state index in [-0.39, 0.29) is 40.3 Å². The molecule has 0 amide bonds. The van der Waals surface area contributed by atoms with E-state index in [0.717, 1.165) is 19.3 Å². The number of cyclic esters (lactones) is 1. The van der Waals surface area contributed by atoms with Crippen molar-refractivity contribution in [2.45, 2.75) is 65.8 Å². The average Bonchev–Trinajstić information content (AvgIpc) is 3.18. The van der Waals surface area contributed by atoms with Crippen molar-refractivity contribution in [2.75, 3.05) is 0 Å². The zero-order valence-corrected chi connectivity index (χ0v) is 18.2. The SMILES string of the molecule is CC1(C)C(=O)C=C[C@]2(C)[C@H]3CC[C@]4(C)C(=CC[C@H]4C4=CC(O)OC4=O)[C@@H]3[C@H](O)C[C@@H]12. The van der Waals surface area contributed by atoms with Crippen molar-refractivity contribution in [3.8, 4) is 0 Å². The third kappa shape index (κ3) is 2.42. The molecule has 5 heteroatoms. The van der Waals surface area contributed by atoms with Crippen LogP contribution in [0.15, 0.2) is 35.5 Å². The fourth-order valence-electron chi connectivity index (χ4n) is 7.82. The third-order valence-electron chi connectivity index (χ3n) is 9.47. The standard InChI is InChI=1S/C25H32O5/c1-23(2)18-12-17(26)21-15-6-5-14(13-11-20(28)30-22(13)29)24(15,3)9-7-16(21)25(18,4)10-8-19(23)27/h6,8,10-11,14,16-18,20-21,26,28H,5,7,9,12H2,1-4H3/t14-,16-,17+,18-,20?,21-,24-,25+/m0/s1. The van der Waals surface area contributed by atoms with Gasteiger partial charge in [0, 0.05) is 22.8 Å². The lowest BCUT2D eigenvalue weighted by Gasteiger charge is -2.61. The highest BCUT2D eigenvalue weighted by Gasteiger charge is 2.63. The van der Waals surface area contributed by atoms with E-state index in [0.29, 0.717) is 12.0 Å². The number of carbonyl (C=O) groups is 2. The van der Waals surface area contributed by atoms with Gasteiger partial charge in [-0.15, -0.1) is 0 Å². The number of allylic oxidation sites excluding steroid dienone is 3. The summed E-state index contributed by atoms with van der Waals surface area (Å²) in [5.74, 6) is 0.132. The fraction of sp³-hybridized carbons (Fsp3) is 0.680. The number of aliphatic hydroxyl groups is 2. The van der Waals surface area contributed by atoms with E-state index in [1.54, 1.807) is 12.2 Å². The maximum absolute atomic E-state index is 12.6. The molecule has 2 saturated carbocycles. The predicted octanol–water partition coefficient (Wildman–Crippen LogP) is 3.32. The van der Waals surface area contributed by atoms with E-state index in [1.807, 2.05) is 13.8 Å². The average molecular weight is 413 g/mol. The molecule has 30 heavy (non-hydrogen) atoms. The molecule has 0 aromatic rings. The molecule has 162 valence electrons. The van der Waals surface area contributed by atoms with Crippen LogP contribution >= 0.6 is 0 Å². The second kappa shape index (κ2) is 6.17. The smallest absolute Gasteiger partial charge is 0.336 e. The summed E-state index contributed by atoms with van der Waals surface area (Å²) in [5.41, 5.74) is 1.01. The summed E-state index contributed by atoms with van der Waals surface area (Å²) >= 11 is 0. The van der Waals surface area contributed by atoms with E-state index >= 15 is 0 Å². The zero-order valence-electron chi connectivity index (χ0n) is 18.2. The van der Waals surface area contributed by atoms with Crippen LogP contribution in [0.4, 0.5) is 0 Å². The van der Waals surface area contributed by atoms with Crippen LogP contribution in [-0.2, 0) is 14.3 Å². The van der Waals surface area contributed by atoms with Crippen LogP contribution in [0.1, 0.15) is 53.4 Å². The molecule has 5 aliphatic rings. The van der Waals surface area contributed by atoms with E-state index in [4.69, 9.17) is 4.74 Å². The maximum Gasteiger partial charge on any atom is 0.336 e. The summed E-state index contributed by atoms with van der Waals surface area (Å²) in [7, 11) is 0. The van der Waals surface area contributed by atoms with Crippen molar-refractivity contribution in [1.29, 1.82) is 0 Å². The van der Waals surface area contributed by atoms with Gasteiger partial charge in [0.1, 0.15) is 0 Å². The maximum atomic E-state index is 12.6. The number of rotatable bonds is 1. The number of hydrogen-bond acceptors (Lipinski definition) is 5. The molecule has 1 unspecified atom stereocenters. The number of aliphatic hydroxyl groups excluding tert-OH is 2. The van der Waals surface area contributed by atoms with E-state index in [9.17, 15) is 19.8 Å². The lowest BCUT2D eigenvalue weighted by Crippen LogP contribution is -2.59. The number of ether oxygens (including phenoxy) is 1. The van der Waals surface area contributed by atoms with Gasteiger partial charge in [-0.25, -0.2) is 4.79 Å². The van der Waals surface area contributed by atoms with Crippen LogP contribution in [-0.4, -0.2) is 34.4 Å². The molecular weight excluding hydrogens is 380 g/mol. The van der Waals surface area contributed by atoms with Gasteiger partial charge in [0.05, 0.1) is 6.10 Å². The first kappa shape index (κ1) is 20.2. The highest BCUT2D eigenvalue weighted by molar-refractivity contribution is 5.95. The molecule has 4 aliphatic carbocycles. The quantitative estimate of drug-likeness (QED) is 0.510. The number of hydrogen-bond donors (Lipinski definition) is 2. The molecule has 0 saturated heterocycles. The third-order valence-corrected chi connectivity index (χ3v) is 9.47. The molecule has 0 radical (unpaired) electrons. The Labute approximate surface area is 177 Å². The molecule has 5 rings (SSSR count). The van der Waals surface area contributed by atoms with E-state index < -0.39 is 23.8 Å². The largest absolute Gasteiger partial charge is 0.429 e. The summed E-state index contributed by atoms with van der Waals surface area (Å²) in [6.07, 6.45) is 9.24. The normalized spacial score (nSPS) is 49.0. The Morgan fingerprint density at radius 1 is 1.13 bits per heavy atom. The summed E-state index contributed by atoms with van der Waals surface area (Å²) < 4.78 is 4.97. The first-order valence-corrected chi connectivity index (χ1v) is 11.2. The second-order valence-electron chi connectivity index (χ2n) is 11.1. The Bertz CT molecular complexity index is 910. The van der Waals surface area contributed by atoms with Crippen molar-refractivity contribution in [3.05, 3.63) is 35.5 Å². The van der Waals surface area contributed by atoms with Gasteiger partial charge in [0.2, 0.25) is 6.29 Å². The Kier molecular flexibility index (Phi) is 4.15. The fourth-order valence-corrected chi connectivity index (χ4v) is 7.82. The second-order valence-corrected chi connectivity index (χ2v) is 11.1. The lowest BCUT2D eigenvalue weighted by molar-refractivity contribution is -0.152. The Hall–Kier alpha value is -1.72. The minimum absolute atomic E-state index is 0.0178. The molecule has 0 bridgehead atoms. The molecule has 0 aromatic carbocycles. The molecule has 1 heterocycles. The number of fused-ring (bicyclic) bond motifs is 5. The first-order chi connectivity index (χ1) is 14.0. The van der Waals surface area contributed by atoms with Crippen LogP contribution in [0, 0.1) is 39.9 Å². The minimum atomic E-state index is -1.15. The van der Waals surface area contributed by atoms with Gasteiger partial charge in [-0.1, -0.05) is 45.4 Å². The molecule has 0 aromatic heterocycles. The number of carbonyl (C=O) groups excluding carboxylic acids is 2. The Morgan fingerprint density at radius 2 is 1.87 bits per heavy atom. The van der Waals surface area contributed by atoms with Gasteiger partial charge >= 0.3 is 5.97 Å². The molecule has 1 aliphatic heterocycles. The summed E-state index contributed by atoms with van der Waals surface area (Å²) in [6.45, 7) is 8.53. The van der Waals surface area contributed by atoms with Gasteiger partial charge < -0.3 is 14.9 Å². The Balaban J connectivity index is 1.52. The van der Waals surface area contributed by atoms with Crippen molar-refractivity contribution < 1.29 is 24.5 Å². The molecule has 5 nitrogen and oxygen atoms in total. The van der Waals surface area contributed by atoms with Crippen LogP contribution in [0.3, 0.4) is 0 Å². The number of esters is 1. The van der Waals surface area contributed by atoms with Crippen molar-refractivity contribution in [2.24, 2.45) is 39.9 Å². The molecule has 2 N–H and O–H groups in total. The highest BCUT2D eigenvalue weighted by atomic mass is 16.6. The van der Waals surface area contributed by atoms with Crippen LogP contribution in [0.5, 0.6) is 0 Å². The summed E-state index contributed by atoms with van der Waals surface area (Å²) in [5, 5.41) is 21.1. The lowest BCUT2D eigenvalue weighted by atomic mass is 9.43. The topological polar surface area (TPSA) is 83.8 Å².